The van der Waals surface area contributed by atoms with Gasteiger partial charge in [0.25, 0.3) is 0 Å². The third kappa shape index (κ3) is 1.87. The van der Waals surface area contributed by atoms with Crippen molar-refractivity contribution in [2.45, 2.75) is 6.10 Å². The Balaban J connectivity index is 2.73. The van der Waals surface area contributed by atoms with Gasteiger partial charge in [0.2, 0.25) is 0 Å². The molecule has 0 fully saturated rings. The first-order valence-corrected chi connectivity index (χ1v) is 5.46. The minimum Gasteiger partial charge on any atom is -0.494 e. The van der Waals surface area contributed by atoms with Crippen LogP contribution in [0.3, 0.4) is 0 Å². The van der Waals surface area contributed by atoms with Gasteiger partial charge in [0.05, 0.1) is 24.2 Å². The van der Waals surface area contributed by atoms with E-state index < -0.39 is 12.1 Å². The van der Waals surface area contributed by atoms with E-state index in [1.165, 1.54) is 19.5 Å². The summed E-state index contributed by atoms with van der Waals surface area (Å²) in [4.78, 5) is 17.7. The molecule has 0 radical (unpaired) electrons. The van der Waals surface area contributed by atoms with Gasteiger partial charge in [-0.2, -0.15) is 0 Å². The molecule has 0 amide bonds. The molecule has 3 N–H and O–H groups in total. The molecule has 2 rings (SSSR count). The van der Waals surface area contributed by atoms with Crippen LogP contribution in [0.5, 0.6) is 5.75 Å². The number of aromatic amines is 1. The molecule has 6 nitrogen and oxygen atoms in total. The van der Waals surface area contributed by atoms with Gasteiger partial charge in [0.1, 0.15) is 10.4 Å². The van der Waals surface area contributed by atoms with Gasteiger partial charge < -0.3 is 19.9 Å². The van der Waals surface area contributed by atoms with Crippen LogP contribution in [0.15, 0.2) is 17.0 Å². The van der Waals surface area contributed by atoms with Crippen LogP contribution in [0.4, 0.5) is 0 Å². The number of pyridine rings is 1. The smallest absolute Gasteiger partial charge is 0.337 e. The number of fused-ring (bicyclic) bond motifs is 1. The summed E-state index contributed by atoms with van der Waals surface area (Å²) in [6.07, 6.45) is 1.28. The number of methoxy groups -OCH3 is 1. The van der Waals surface area contributed by atoms with Crippen molar-refractivity contribution in [1.29, 1.82) is 0 Å². The lowest BCUT2D eigenvalue weighted by Crippen LogP contribution is -2.10. The molecule has 0 aromatic carbocycles. The second-order valence-corrected chi connectivity index (χ2v) is 4.10. The van der Waals surface area contributed by atoms with Crippen LogP contribution < -0.4 is 4.74 Å². The summed E-state index contributed by atoms with van der Waals surface area (Å²) in [6.45, 7) is 0. The summed E-state index contributed by atoms with van der Waals surface area (Å²) in [5.74, 6) is -0.916. The number of aliphatic carboxylic acids is 1. The second kappa shape index (κ2) is 4.34. The summed E-state index contributed by atoms with van der Waals surface area (Å²) < 4.78 is 5.63. The van der Waals surface area contributed by atoms with E-state index in [-0.39, 0.29) is 5.56 Å². The number of halogens is 1. The normalized spacial score (nSPS) is 12.6. The number of carbonyl (C=O) groups is 1. The fraction of sp³-hybridized carbons (Fsp3) is 0.200. The van der Waals surface area contributed by atoms with Crippen LogP contribution in [0.25, 0.3) is 10.9 Å². The van der Waals surface area contributed by atoms with Gasteiger partial charge in [-0.05, 0) is 15.9 Å². The van der Waals surface area contributed by atoms with Gasteiger partial charge in [0, 0.05) is 11.8 Å². The number of nitrogens with one attached hydrogen (secondary N) is 1. The van der Waals surface area contributed by atoms with Gasteiger partial charge in [-0.3, -0.25) is 0 Å². The van der Waals surface area contributed by atoms with Crippen LogP contribution in [0, 0.1) is 0 Å². The Morgan fingerprint density at radius 1 is 1.65 bits per heavy atom. The Morgan fingerprint density at radius 3 is 2.94 bits per heavy atom. The number of aliphatic hydroxyl groups excluding tert-OH is 1. The molecule has 90 valence electrons. The van der Waals surface area contributed by atoms with Gasteiger partial charge in [-0.1, -0.05) is 0 Å². The first kappa shape index (κ1) is 11.9. The number of H-pyrrole nitrogens is 1. The standard InChI is InChI=1S/C10H9BrN2O4/c1-17-5-3-13-9(11)7-6(5)4(2-12-7)8(14)10(15)16/h2-3,8,12,14H,1H3,(H,15,16). The van der Waals surface area contributed by atoms with Crippen molar-refractivity contribution in [2.75, 3.05) is 7.11 Å². The van der Waals surface area contributed by atoms with Gasteiger partial charge in [-0.25, -0.2) is 9.78 Å². The molecule has 1 unspecified atom stereocenters. The molecule has 2 aromatic heterocycles. The van der Waals surface area contributed by atoms with E-state index in [9.17, 15) is 9.90 Å². The number of hydrogen-bond donors (Lipinski definition) is 3. The zero-order valence-corrected chi connectivity index (χ0v) is 10.4. The van der Waals surface area contributed by atoms with Crippen molar-refractivity contribution in [3.05, 3.63) is 22.6 Å². The number of hydrogen-bond acceptors (Lipinski definition) is 4. The van der Waals surface area contributed by atoms with Crippen molar-refractivity contribution < 1.29 is 19.7 Å². The molecule has 0 aliphatic heterocycles. The maximum Gasteiger partial charge on any atom is 0.337 e. The van der Waals surface area contributed by atoms with Crippen LogP contribution in [-0.2, 0) is 4.79 Å². The number of aliphatic hydroxyl groups is 1. The summed E-state index contributed by atoms with van der Waals surface area (Å²) in [5, 5.41) is 18.9. The number of aromatic nitrogens is 2. The molecular formula is C10H9BrN2O4. The van der Waals surface area contributed by atoms with Crippen LogP contribution in [-0.4, -0.2) is 33.3 Å². The van der Waals surface area contributed by atoms with E-state index in [1.807, 2.05) is 0 Å². The van der Waals surface area contributed by atoms with Crippen molar-refractivity contribution in [3.8, 4) is 5.75 Å². The fourth-order valence-corrected chi connectivity index (χ4v) is 2.03. The zero-order valence-electron chi connectivity index (χ0n) is 8.77. The van der Waals surface area contributed by atoms with Crippen molar-refractivity contribution in [3.63, 3.8) is 0 Å². The largest absolute Gasteiger partial charge is 0.494 e. The van der Waals surface area contributed by atoms with Crippen molar-refractivity contribution in [2.24, 2.45) is 0 Å². The summed E-state index contributed by atoms with van der Waals surface area (Å²) in [7, 11) is 1.45. The molecule has 17 heavy (non-hydrogen) atoms. The lowest BCUT2D eigenvalue weighted by atomic mass is 10.1. The molecule has 1 atom stereocenters. The van der Waals surface area contributed by atoms with Gasteiger partial charge in [-0.15, -0.1) is 0 Å². The van der Waals surface area contributed by atoms with Gasteiger partial charge in [0.15, 0.2) is 6.10 Å². The first-order chi connectivity index (χ1) is 8.06. The van der Waals surface area contributed by atoms with E-state index in [2.05, 4.69) is 25.9 Å². The Hall–Kier alpha value is -1.60. The third-order valence-electron chi connectivity index (χ3n) is 2.41. The molecule has 0 saturated heterocycles. The van der Waals surface area contributed by atoms with E-state index in [1.54, 1.807) is 0 Å². The highest BCUT2D eigenvalue weighted by molar-refractivity contribution is 9.10. The molecule has 0 aliphatic carbocycles. The Morgan fingerprint density at radius 2 is 2.35 bits per heavy atom. The van der Waals surface area contributed by atoms with Crippen LogP contribution in [0.2, 0.25) is 0 Å². The van der Waals surface area contributed by atoms with Gasteiger partial charge >= 0.3 is 5.97 Å². The quantitative estimate of drug-likeness (QED) is 0.746. The predicted octanol–water partition coefficient (Wildman–Crippen LogP) is 1.45. The molecule has 2 aromatic rings. The lowest BCUT2D eigenvalue weighted by Gasteiger charge is -2.07. The molecule has 0 spiro atoms. The number of carboxylic acid groups (broad SMARTS) is 1. The summed E-state index contributed by atoms with van der Waals surface area (Å²) >= 11 is 3.23. The minimum absolute atomic E-state index is 0.243. The first-order valence-electron chi connectivity index (χ1n) is 4.66. The lowest BCUT2D eigenvalue weighted by molar-refractivity contribution is -0.146. The van der Waals surface area contributed by atoms with Crippen LogP contribution >= 0.6 is 15.9 Å². The highest BCUT2D eigenvalue weighted by atomic mass is 79.9. The van der Waals surface area contributed by atoms with E-state index in [4.69, 9.17) is 9.84 Å². The minimum atomic E-state index is -1.60. The topological polar surface area (TPSA) is 95.4 Å². The Labute approximate surface area is 104 Å². The molecule has 0 saturated carbocycles. The molecule has 0 aliphatic rings. The SMILES string of the molecule is COc1cnc(Br)c2[nH]cc(C(O)C(=O)O)c12. The Kier molecular flexibility index (Phi) is 3.03. The van der Waals surface area contributed by atoms with Crippen LogP contribution in [0.1, 0.15) is 11.7 Å². The van der Waals surface area contributed by atoms with E-state index in [0.717, 1.165) is 0 Å². The van der Waals surface area contributed by atoms with E-state index in [0.29, 0.717) is 21.3 Å². The fourth-order valence-electron chi connectivity index (χ4n) is 1.61. The second-order valence-electron chi connectivity index (χ2n) is 3.35. The number of carboxylic acids is 1. The van der Waals surface area contributed by atoms with Crippen molar-refractivity contribution >= 4 is 32.8 Å². The molecule has 2 heterocycles. The zero-order chi connectivity index (χ0) is 12.6. The average Bonchev–Trinajstić information content (AvgIpc) is 2.74. The highest BCUT2D eigenvalue weighted by Gasteiger charge is 2.23. The van der Waals surface area contributed by atoms with Crippen molar-refractivity contribution in [1.82, 2.24) is 9.97 Å². The highest BCUT2D eigenvalue weighted by Crippen LogP contribution is 2.34. The average molecular weight is 301 g/mol. The third-order valence-corrected chi connectivity index (χ3v) is 3.01. The Bertz CT molecular complexity index is 581. The maximum atomic E-state index is 10.8. The molecule has 7 heteroatoms. The predicted molar refractivity (Wildman–Crippen MR) is 62.9 cm³/mol. The number of ether oxygens (including phenoxy) is 1. The maximum absolute atomic E-state index is 10.8. The molecule has 0 bridgehead atoms. The molecular weight excluding hydrogens is 292 g/mol. The summed E-state index contributed by atoms with van der Waals surface area (Å²) in [6, 6.07) is 0. The number of nitrogens with zero attached hydrogens (tertiary/aromatic N) is 1. The number of rotatable bonds is 3. The monoisotopic (exact) mass is 300 g/mol. The van der Waals surface area contributed by atoms with E-state index >= 15 is 0 Å². The summed E-state index contributed by atoms with van der Waals surface area (Å²) in [5.41, 5.74) is 0.826.